The Morgan fingerprint density at radius 2 is 1.79 bits per heavy atom. The molecule has 47 heavy (non-hydrogen) atoms. The van der Waals surface area contributed by atoms with Crippen LogP contribution >= 0.6 is 11.8 Å². The Balaban J connectivity index is 1.05. The molecule has 0 aliphatic carbocycles. The van der Waals surface area contributed by atoms with Crippen LogP contribution in [0.3, 0.4) is 0 Å². The standard InChI is InChI=1S/C31H28F3N7O5S/c1-17-7-8-40-24(13-17)36-18(2)25(40)28(43)35-16-19-3-5-20(6-4-19)29(44)38-9-11-39(12-10-38)30-37-27(42)22-14-21(31(32,33)34)15-23(41(45)46)26(22)47-30/h3-8,13-15,30H,9-12,16H2,1-2H3,(H,35,43)(H,37,42). The van der Waals surface area contributed by atoms with Gasteiger partial charge < -0.3 is 15.5 Å². The first-order chi connectivity index (χ1) is 22.3. The lowest BCUT2D eigenvalue weighted by Gasteiger charge is -2.40. The van der Waals surface area contributed by atoms with Gasteiger partial charge in [-0.15, -0.1) is 0 Å². The highest BCUT2D eigenvalue weighted by Crippen LogP contribution is 2.43. The summed E-state index contributed by atoms with van der Waals surface area (Å²) in [6, 6.07) is 11.8. The molecule has 1 fully saturated rings. The predicted octanol–water partition coefficient (Wildman–Crippen LogP) is 4.39. The Hall–Kier alpha value is -4.96. The maximum atomic E-state index is 13.3. The first-order valence-corrected chi connectivity index (χ1v) is 15.4. The molecular formula is C31H28F3N7O5S. The molecule has 2 aliphatic rings. The summed E-state index contributed by atoms with van der Waals surface area (Å²) in [5.74, 6) is -1.32. The van der Waals surface area contributed by atoms with E-state index in [-0.39, 0.29) is 23.3 Å². The molecule has 0 bridgehead atoms. The number of hydrogen-bond donors (Lipinski definition) is 2. The summed E-state index contributed by atoms with van der Waals surface area (Å²) < 4.78 is 41.6. The van der Waals surface area contributed by atoms with Crippen molar-refractivity contribution in [2.24, 2.45) is 0 Å². The number of fused-ring (bicyclic) bond motifs is 2. The van der Waals surface area contributed by atoms with Gasteiger partial charge in [0.15, 0.2) is 0 Å². The largest absolute Gasteiger partial charge is 0.416 e. The Morgan fingerprint density at radius 1 is 1.09 bits per heavy atom. The third kappa shape index (κ3) is 6.38. The third-order valence-electron chi connectivity index (χ3n) is 8.08. The second-order valence-electron chi connectivity index (χ2n) is 11.3. The zero-order valence-corrected chi connectivity index (χ0v) is 25.9. The molecule has 2 aromatic carbocycles. The van der Waals surface area contributed by atoms with E-state index < -0.39 is 39.3 Å². The van der Waals surface area contributed by atoms with Crippen LogP contribution in [0, 0.1) is 24.0 Å². The lowest BCUT2D eigenvalue weighted by atomic mass is 10.1. The topological polar surface area (TPSA) is 142 Å². The number of nitro groups is 1. The van der Waals surface area contributed by atoms with Crippen molar-refractivity contribution in [1.29, 1.82) is 0 Å². The first-order valence-electron chi connectivity index (χ1n) is 14.5. The number of piperazine rings is 1. The molecule has 1 atom stereocenters. The van der Waals surface area contributed by atoms with Crippen molar-refractivity contribution in [3.8, 4) is 0 Å². The number of amides is 3. The van der Waals surface area contributed by atoms with Crippen LogP contribution in [0.25, 0.3) is 5.65 Å². The van der Waals surface area contributed by atoms with Crippen molar-refractivity contribution in [3.63, 3.8) is 0 Å². The number of carbonyl (C=O) groups is 3. The Morgan fingerprint density at radius 3 is 2.45 bits per heavy atom. The van der Waals surface area contributed by atoms with Gasteiger partial charge in [-0.05, 0) is 55.3 Å². The van der Waals surface area contributed by atoms with E-state index in [4.69, 9.17) is 0 Å². The fourth-order valence-electron chi connectivity index (χ4n) is 5.61. The van der Waals surface area contributed by atoms with E-state index >= 15 is 0 Å². The monoisotopic (exact) mass is 667 g/mol. The number of aromatic nitrogens is 2. The first kappa shape index (κ1) is 32.0. The molecule has 12 nitrogen and oxygen atoms in total. The summed E-state index contributed by atoms with van der Waals surface area (Å²) in [6.45, 7) is 5.21. The molecule has 0 radical (unpaired) electrons. The van der Waals surface area contributed by atoms with Crippen molar-refractivity contribution in [2.45, 2.75) is 37.0 Å². The number of carbonyl (C=O) groups excluding carboxylic acids is 3. The minimum absolute atomic E-state index is 0.129. The van der Waals surface area contributed by atoms with Crippen LogP contribution in [0.15, 0.2) is 59.6 Å². The fourth-order valence-corrected chi connectivity index (χ4v) is 6.90. The maximum absolute atomic E-state index is 13.3. The normalized spacial score (nSPS) is 16.9. The van der Waals surface area contributed by atoms with E-state index in [1.165, 1.54) is 0 Å². The van der Waals surface area contributed by atoms with Crippen LogP contribution in [0.5, 0.6) is 0 Å². The molecular weight excluding hydrogens is 639 g/mol. The van der Waals surface area contributed by atoms with Crippen molar-refractivity contribution in [2.75, 3.05) is 26.2 Å². The number of nitrogens with one attached hydrogen (secondary N) is 2. The molecule has 16 heteroatoms. The average molecular weight is 668 g/mol. The number of imidazole rings is 1. The van der Waals surface area contributed by atoms with Gasteiger partial charge in [-0.25, -0.2) is 4.98 Å². The van der Waals surface area contributed by atoms with Gasteiger partial charge in [0.1, 0.15) is 21.7 Å². The highest BCUT2D eigenvalue weighted by molar-refractivity contribution is 8.00. The molecule has 1 unspecified atom stereocenters. The maximum Gasteiger partial charge on any atom is 0.416 e. The summed E-state index contributed by atoms with van der Waals surface area (Å²) in [4.78, 5) is 57.4. The van der Waals surface area contributed by atoms with Gasteiger partial charge in [0.2, 0.25) is 0 Å². The van der Waals surface area contributed by atoms with Crippen molar-refractivity contribution in [1.82, 2.24) is 29.8 Å². The van der Waals surface area contributed by atoms with Crippen LogP contribution in [-0.2, 0) is 12.7 Å². The van der Waals surface area contributed by atoms with E-state index in [9.17, 15) is 37.7 Å². The second kappa shape index (κ2) is 12.3. The molecule has 2 aromatic heterocycles. The molecule has 0 spiro atoms. The molecule has 1 saturated heterocycles. The zero-order valence-electron chi connectivity index (χ0n) is 25.1. The predicted molar refractivity (Wildman–Crippen MR) is 165 cm³/mol. The van der Waals surface area contributed by atoms with Crippen LogP contribution in [0.1, 0.15) is 53.6 Å². The number of hydrogen-bond acceptors (Lipinski definition) is 8. The summed E-state index contributed by atoms with van der Waals surface area (Å²) in [5.41, 5.74) is 0.838. The minimum atomic E-state index is -4.85. The van der Waals surface area contributed by atoms with Gasteiger partial charge >= 0.3 is 6.18 Å². The number of halogens is 3. The summed E-state index contributed by atoms with van der Waals surface area (Å²) >= 11 is 0.903. The Labute approximate surface area is 270 Å². The molecule has 4 heterocycles. The zero-order chi connectivity index (χ0) is 33.6. The molecule has 2 N–H and O–H groups in total. The minimum Gasteiger partial charge on any atom is -0.347 e. The molecule has 0 saturated carbocycles. The molecule has 4 aromatic rings. The number of thioether (sulfide) groups is 1. The van der Waals surface area contributed by atoms with Gasteiger partial charge in [0, 0.05) is 50.6 Å². The SMILES string of the molecule is Cc1ccn2c(C(=O)NCc3ccc(C(=O)N4CCN(C5NC(=O)c6cc(C(F)(F)F)cc([N+](=O)[O-])c6S5)CC4)cc3)c(C)nc2c1. The number of rotatable bonds is 6. The highest BCUT2D eigenvalue weighted by Gasteiger charge is 2.40. The van der Waals surface area contributed by atoms with E-state index in [0.29, 0.717) is 60.9 Å². The van der Waals surface area contributed by atoms with E-state index in [0.717, 1.165) is 22.9 Å². The molecule has 244 valence electrons. The molecule has 2 aliphatic heterocycles. The van der Waals surface area contributed by atoms with Crippen molar-refractivity contribution >= 4 is 40.8 Å². The number of alkyl halides is 3. The second-order valence-corrected chi connectivity index (χ2v) is 12.3. The van der Waals surface area contributed by atoms with E-state index in [1.807, 2.05) is 30.2 Å². The number of benzene rings is 2. The van der Waals surface area contributed by atoms with Crippen LogP contribution < -0.4 is 10.6 Å². The number of pyridine rings is 1. The number of nitro benzene ring substituents is 1. The van der Waals surface area contributed by atoms with Gasteiger partial charge in [0.25, 0.3) is 23.4 Å². The van der Waals surface area contributed by atoms with Crippen LogP contribution in [0.4, 0.5) is 18.9 Å². The summed E-state index contributed by atoms with van der Waals surface area (Å²) in [6.07, 6.45) is -3.04. The molecule has 6 rings (SSSR count). The van der Waals surface area contributed by atoms with Gasteiger partial charge in [-0.3, -0.25) is 33.8 Å². The third-order valence-corrected chi connectivity index (χ3v) is 9.38. The Kier molecular flexibility index (Phi) is 8.40. The number of aryl methyl sites for hydroxylation is 2. The fraction of sp³-hybridized carbons (Fsp3) is 0.290. The van der Waals surface area contributed by atoms with Crippen molar-refractivity contribution in [3.05, 3.63) is 104 Å². The van der Waals surface area contributed by atoms with Gasteiger partial charge in [-0.2, -0.15) is 13.2 Å². The molecule has 3 amide bonds. The number of nitrogens with zero attached hydrogens (tertiary/aromatic N) is 5. The van der Waals surface area contributed by atoms with E-state index in [1.54, 1.807) is 40.5 Å². The smallest absolute Gasteiger partial charge is 0.347 e. The lowest BCUT2D eigenvalue weighted by molar-refractivity contribution is -0.388. The van der Waals surface area contributed by atoms with Gasteiger partial charge in [0.05, 0.1) is 21.7 Å². The lowest BCUT2D eigenvalue weighted by Crippen LogP contribution is -2.56. The summed E-state index contributed by atoms with van der Waals surface area (Å²) in [5, 5.41) is 17.1. The van der Waals surface area contributed by atoms with E-state index in [2.05, 4.69) is 15.6 Å². The van der Waals surface area contributed by atoms with Crippen molar-refractivity contribution < 1.29 is 32.5 Å². The highest BCUT2D eigenvalue weighted by atomic mass is 32.2. The average Bonchev–Trinajstić information content (AvgIpc) is 3.37. The summed E-state index contributed by atoms with van der Waals surface area (Å²) in [7, 11) is 0. The quantitative estimate of drug-likeness (QED) is 0.228. The van der Waals surface area contributed by atoms with Crippen LogP contribution in [0.2, 0.25) is 0 Å². The Bertz CT molecular complexity index is 1900. The van der Waals surface area contributed by atoms with Crippen LogP contribution in [-0.4, -0.2) is 73.5 Å². The van der Waals surface area contributed by atoms with Gasteiger partial charge in [-0.1, -0.05) is 23.9 Å².